The van der Waals surface area contributed by atoms with Gasteiger partial charge in [0.2, 0.25) is 0 Å². The van der Waals surface area contributed by atoms with Crippen LogP contribution < -0.4 is 5.32 Å². The van der Waals surface area contributed by atoms with Crippen LogP contribution in [0.2, 0.25) is 0 Å². The molecule has 0 bridgehead atoms. The zero-order valence-corrected chi connectivity index (χ0v) is 16.2. The molecule has 0 aromatic carbocycles. The van der Waals surface area contributed by atoms with Crippen LogP contribution in [0.1, 0.15) is 12.1 Å². The number of aromatic amines is 2. The third-order valence-electron chi connectivity index (χ3n) is 5.55. The van der Waals surface area contributed by atoms with Crippen LogP contribution >= 0.6 is 0 Å². The number of nitrogens with one attached hydrogen (secondary N) is 3. The van der Waals surface area contributed by atoms with Gasteiger partial charge < -0.3 is 10.3 Å². The minimum atomic E-state index is 0.852. The highest BCUT2D eigenvalue weighted by molar-refractivity contribution is 5.99. The van der Waals surface area contributed by atoms with E-state index < -0.39 is 0 Å². The number of aromatic nitrogens is 6. The number of hydrogen-bond acceptors (Lipinski definition) is 5. The van der Waals surface area contributed by atoms with Crippen molar-refractivity contribution in [2.24, 2.45) is 0 Å². The van der Waals surface area contributed by atoms with Gasteiger partial charge in [0.1, 0.15) is 5.69 Å². The molecular weight excluding hydrogens is 374 g/mol. The van der Waals surface area contributed by atoms with Gasteiger partial charge in [-0.25, -0.2) is 0 Å². The summed E-state index contributed by atoms with van der Waals surface area (Å²) in [7, 11) is 0. The molecule has 6 heterocycles. The molecule has 0 spiro atoms. The first kappa shape index (κ1) is 17.1. The van der Waals surface area contributed by atoms with Crippen LogP contribution in [-0.2, 0) is 0 Å². The molecule has 0 unspecified atom stereocenters. The molecule has 7 heteroatoms. The van der Waals surface area contributed by atoms with Crippen molar-refractivity contribution in [3.63, 3.8) is 0 Å². The van der Waals surface area contributed by atoms with Crippen molar-refractivity contribution in [3.8, 4) is 22.8 Å². The summed E-state index contributed by atoms with van der Waals surface area (Å²) in [6.07, 6.45) is 8.66. The minimum absolute atomic E-state index is 0.852. The van der Waals surface area contributed by atoms with Crippen LogP contribution in [-0.4, -0.2) is 43.2 Å². The quantitative estimate of drug-likeness (QED) is 0.432. The zero-order chi connectivity index (χ0) is 19.9. The number of hydrogen-bond donors (Lipinski definition) is 3. The van der Waals surface area contributed by atoms with E-state index >= 15 is 0 Å². The van der Waals surface area contributed by atoms with E-state index in [9.17, 15) is 0 Å². The van der Waals surface area contributed by atoms with Crippen molar-refractivity contribution in [1.29, 1.82) is 0 Å². The molecule has 0 radical (unpaired) electrons. The second-order valence-electron chi connectivity index (χ2n) is 7.39. The summed E-state index contributed by atoms with van der Waals surface area (Å²) in [4.78, 5) is 17.2. The Balaban J connectivity index is 1.50. The molecular formula is C23H19N7. The second kappa shape index (κ2) is 6.89. The highest BCUT2D eigenvalue weighted by Gasteiger charge is 2.16. The van der Waals surface area contributed by atoms with E-state index in [1.165, 1.54) is 5.57 Å². The number of fused-ring (bicyclic) bond motifs is 2. The van der Waals surface area contributed by atoms with Gasteiger partial charge in [0.15, 0.2) is 0 Å². The third-order valence-corrected chi connectivity index (χ3v) is 5.55. The normalized spacial score (nSPS) is 14.3. The predicted octanol–water partition coefficient (Wildman–Crippen LogP) is 3.94. The Morgan fingerprint density at radius 1 is 0.833 bits per heavy atom. The first-order chi connectivity index (χ1) is 14.9. The number of rotatable bonds is 3. The van der Waals surface area contributed by atoms with E-state index in [2.05, 4.69) is 53.7 Å². The monoisotopic (exact) mass is 393 g/mol. The van der Waals surface area contributed by atoms with E-state index in [0.29, 0.717) is 0 Å². The van der Waals surface area contributed by atoms with Crippen molar-refractivity contribution >= 4 is 27.4 Å². The average Bonchev–Trinajstić information content (AvgIpc) is 3.43. The zero-order valence-electron chi connectivity index (χ0n) is 16.2. The van der Waals surface area contributed by atoms with Crippen LogP contribution in [0.3, 0.4) is 0 Å². The Morgan fingerprint density at radius 2 is 1.80 bits per heavy atom. The maximum Gasteiger partial charge on any atom is 0.116 e. The summed E-state index contributed by atoms with van der Waals surface area (Å²) in [6.45, 7) is 1.87. The fourth-order valence-corrected chi connectivity index (χ4v) is 4.04. The Bertz CT molecular complexity index is 1400. The summed E-state index contributed by atoms with van der Waals surface area (Å²) >= 11 is 0. The summed E-state index contributed by atoms with van der Waals surface area (Å²) in [6, 6.07) is 12.1. The van der Waals surface area contributed by atoms with E-state index in [1.807, 2.05) is 30.5 Å². The molecule has 0 amide bonds. The fraction of sp³-hybridized carbons (Fsp3) is 0.130. The number of pyridine rings is 3. The Kier molecular flexibility index (Phi) is 3.92. The Hall–Kier alpha value is -3.84. The van der Waals surface area contributed by atoms with Gasteiger partial charge in [-0.1, -0.05) is 12.1 Å². The maximum absolute atomic E-state index is 4.64. The van der Waals surface area contributed by atoms with Crippen molar-refractivity contribution in [2.45, 2.75) is 6.42 Å². The highest BCUT2D eigenvalue weighted by Crippen LogP contribution is 2.33. The van der Waals surface area contributed by atoms with Crippen molar-refractivity contribution in [2.75, 3.05) is 13.1 Å². The lowest BCUT2D eigenvalue weighted by Crippen LogP contribution is -2.20. The molecule has 146 valence electrons. The summed E-state index contributed by atoms with van der Waals surface area (Å²) in [5.41, 5.74) is 7.75. The van der Waals surface area contributed by atoms with Gasteiger partial charge in [-0.15, -0.1) is 0 Å². The maximum atomic E-state index is 4.64. The van der Waals surface area contributed by atoms with Crippen LogP contribution in [0.15, 0.2) is 61.1 Å². The highest BCUT2D eigenvalue weighted by atomic mass is 15.1. The molecule has 5 aromatic heterocycles. The van der Waals surface area contributed by atoms with Crippen LogP contribution in [0, 0.1) is 0 Å². The van der Waals surface area contributed by atoms with E-state index in [0.717, 1.165) is 69.8 Å². The van der Waals surface area contributed by atoms with E-state index in [4.69, 9.17) is 0 Å². The Morgan fingerprint density at radius 3 is 2.67 bits per heavy atom. The molecule has 5 aromatic rings. The molecule has 0 saturated heterocycles. The Labute approximate surface area is 172 Å². The van der Waals surface area contributed by atoms with Gasteiger partial charge in [-0.2, -0.15) is 5.10 Å². The van der Waals surface area contributed by atoms with E-state index in [-0.39, 0.29) is 0 Å². The molecule has 6 rings (SSSR count). The van der Waals surface area contributed by atoms with Gasteiger partial charge in [-0.3, -0.25) is 20.1 Å². The lowest BCUT2D eigenvalue weighted by Gasteiger charge is -2.13. The molecule has 3 N–H and O–H groups in total. The van der Waals surface area contributed by atoms with Gasteiger partial charge in [0.05, 0.1) is 34.5 Å². The van der Waals surface area contributed by atoms with Crippen LogP contribution in [0.5, 0.6) is 0 Å². The van der Waals surface area contributed by atoms with Gasteiger partial charge >= 0.3 is 0 Å². The fourth-order valence-electron chi connectivity index (χ4n) is 4.04. The smallest absolute Gasteiger partial charge is 0.116 e. The molecule has 7 nitrogen and oxygen atoms in total. The SMILES string of the molecule is C1=C(c2cc3c(-c4cc5c(-c6ccccn6)nccc5[nH]4)n[nH]c3cn2)CCNC1. The minimum Gasteiger partial charge on any atom is -0.353 e. The standard InChI is InChI=1S/C23H19N7/c1-2-7-25-18(3-1)22-15-12-20(28-17(15)6-10-26-22)23-16-11-19(14-4-8-24-9-5-14)27-13-21(16)29-30-23/h1-4,6-7,10-13,24,28H,5,8-9H2,(H,29,30). The summed E-state index contributed by atoms with van der Waals surface area (Å²) < 4.78 is 0. The van der Waals surface area contributed by atoms with E-state index in [1.54, 1.807) is 12.4 Å². The third kappa shape index (κ3) is 2.79. The first-order valence-corrected chi connectivity index (χ1v) is 10.0. The molecule has 0 saturated carbocycles. The predicted molar refractivity (Wildman–Crippen MR) is 118 cm³/mol. The number of nitrogens with zero attached hydrogens (tertiary/aromatic N) is 4. The largest absolute Gasteiger partial charge is 0.353 e. The molecule has 0 atom stereocenters. The first-order valence-electron chi connectivity index (χ1n) is 10.0. The molecule has 1 aliphatic rings. The number of H-pyrrole nitrogens is 2. The topological polar surface area (TPSA) is 95.2 Å². The van der Waals surface area contributed by atoms with Crippen molar-refractivity contribution < 1.29 is 0 Å². The molecule has 0 fully saturated rings. The van der Waals surface area contributed by atoms with Crippen LogP contribution in [0.4, 0.5) is 0 Å². The lowest BCUT2D eigenvalue weighted by atomic mass is 10.0. The van der Waals surface area contributed by atoms with Crippen LogP contribution in [0.25, 0.3) is 50.2 Å². The molecule has 1 aliphatic heterocycles. The second-order valence-corrected chi connectivity index (χ2v) is 7.39. The molecule has 30 heavy (non-hydrogen) atoms. The van der Waals surface area contributed by atoms with Gasteiger partial charge in [-0.05, 0) is 48.9 Å². The van der Waals surface area contributed by atoms with Gasteiger partial charge in [0.25, 0.3) is 0 Å². The van der Waals surface area contributed by atoms with Gasteiger partial charge in [0, 0.05) is 35.2 Å². The summed E-state index contributed by atoms with van der Waals surface area (Å²) in [5, 5.41) is 13.1. The van der Waals surface area contributed by atoms with Crippen molar-refractivity contribution in [3.05, 3.63) is 66.8 Å². The lowest BCUT2D eigenvalue weighted by molar-refractivity contribution is 0.737. The average molecular weight is 393 g/mol. The van der Waals surface area contributed by atoms with Crippen molar-refractivity contribution in [1.82, 2.24) is 35.5 Å². The molecule has 0 aliphatic carbocycles. The summed E-state index contributed by atoms with van der Waals surface area (Å²) in [5.74, 6) is 0.